The molecule has 0 aliphatic carbocycles. The summed E-state index contributed by atoms with van der Waals surface area (Å²) in [6.45, 7) is 1.95. The van der Waals surface area contributed by atoms with Crippen molar-refractivity contribution < 1.29 is 0 Å². The molecule has 60 valence electrons. The Kier molecular flexibility index (Phi) is 3.66. The van der Waals surface area contributed by atoms with Gasteiger partial charge in [0.2, 0.25) is 0 Å². The number of hydrogen-bond donors (Lipinski definition) is 0. The maximum Gasteiger partial charge on any atom is 0.116 e. The number of nitrogens with zero attached hydrogens (tertiary/aromatic N) is 2. The van der Waals surface area contributed by atoms with Gasteiger partial charge in [0.05, 0.1) is 5.03 Å². The second kappa shape index (κ2) is 4.57. The minimum atomic E-state index is 0.660. The molecule has 1 aromatic rings. The highest BCUT2D eigenvalue weighted by atomic mass is 35.5. The molecule has 0 saturated carbocycles. The summed E-state index contributed by atoms with van der Waals surface area (Å²) in [5.74, 6) is 1.56. The average Bonchev–Trinajstić information content (AvgIpc) is 2.01. The Bertz CT molecular complexity index is 229. The third kappa shape index (κ3) is 3.08. The molecular formula is C7H9ClN2S. The van der Waals surface area contributed by atoms with Crippen LogP contribution in [0, 0.1) is 6.92 Å². The van der Waals surface area contributed by atoms with Crippen molar-refractivity contribution >= 4 is 23.4 Å². The SMILES string of the molecule is Cc1cc(SCCCl)ncn1. The van der Waals surface area contributed by atoms with Crippen LogP contribution in [0.2, 0.25) is 0 Å². The predicted molar refractivity (Wildman–Crippen MR) is 48.2 cm³/mol. The van der Waals surface area contributed by atoms with E-state index >= 15 is 0 Å². The topological polar surface area (TPSA) is 25.8 Å². The second-order valence-electron chi connectivity index (χ2n) is 2.04. The van der Waals surface area contributed by atoms with Gasteiger partial charge in [-0.3, -0.25) is 0 Å². The zero-order valence-electron chi connectivity index (χ0n) is 6.25. The van der Waals surface area contributed by atoms with Crippen LogP contribution in [0.15, 0.2) is 17.4 Å². The predicted octanol–water partition coefficient (Wildman–Crippen LogP) is 2.12. The molecule has 0 aromatic carbocycles. The Labute approximate surface area is 75.4 Å². The van der Waals surface area contributed by atoms with Gasteiger partial charge in [0, 0.05) is 17.3 Å². The molecule has 0 fully saturated rings. The molecule has 0 radical (unpaired) electrons. The van der Waals surface area contributed by atoms with Crippen molar-refractivity contribution in [3.8, 4) is 0 Å². The lowest BCUT2D eigenvalue weighted by atomic mass is 10.5. The molecule has 0 N–H and O–H groups in total. The number of alkyl halides is 1. The molecule has 0 aliphatic heterocycles. The van der Waals surface area contributed by atoms with E-state index in [0.717, 1.165) is 16.5 Å². The van der Waals surface area contributed by atoms with E-state index < -0.39 is 0 Å². The van der Waals surface area contributed by atoms with E-state index in [-0.39, 0.29) is 0 Å². The normalized spacial score (nSPS) is 10.0. The molecule has 1 aromatic heterocycles. The van der Waals surface area contributed by atoms with Crippen LogP contribution in [0.25, 0.3) is 0 Å². The molecule has 0 aliphatic rings. The number of aromatic nitrogens is 2. The van der Waals surface area contributed by atoms with E-state index in [9.17, 15) is 0 Å². The molecule has 4 heteroatoms. The molecule has 0 amide bonds. The first kappa shape index (κ1) is 8.81. The Hall–Kier alpha value is -0.280. The third-order valence-electron chi connectivity index (χ3n) is 1.11. The van der Waals surface area contributed by atoms with Gasteiger partial charge >= 0.3 is 0 Å². The molecule has 0 saturated heterocycles. The Morgan fingerprint density at radius 2 is 2.36 bits per heavy atom. The van der Waals surface area contributed by atoms with Crippen molar-refractivity contribution in [1.29, 1.82) is 0 Å². The highest BCUT2D eigenvalue weighted by molar-refractivity contribution is 7.99. The molecule has 0 unspecified atom stereocenters. The van der Waals surface area contributed by atoms with Crippen molar-refractivity contribution in [3.05, 3.63) is 18.1 Å². The van der Waals surface area contributed by atoms with Gasteiger partial charge in [0.25, 0.3) is 0 Å². The van der Waals surface area contributed by atoms with Gasteiger partial charge in [0.15, 0.2) is 0 Å². The van der Waals surface area contributed by atoms with Gasteiger partial charge in [-0.25, -0.2) is 9.97 Å². The van der Waals surface area contributed by atoms with E-state index in [1.165, 1.54) is 0 Å². The number of halogens is 1. The lowest BCUT2D eigenvalue weighted by molar-refractivity contribution is 1.01. The monoisotopic (exact) mass is 188 g/mol. The van der Waals surface area contributed by atoms with E-state index in [1.807, 2.05) is 13.0 Å². The minimum absolute atomic E-state index is 0.660. The molecule has 0 bridgehead atoms. The van der Waals surface area contributed by atoms with Crippen molar-refractivity contribution in [2.75, 3.05) is 11.6 Å². The lowest BCUT2D eigenvalue weighted by Crippen LogP contribution is -1.87. The van der Waals surface area contributed by atoms with E-state index in [4.69, 9.17) is 11.6 Å². The van der Waals surface area contributed by atoms with Crippen molar-refractivity contribution in [1.82, 2.24) is 9.97 Å². The summed E-state index contributed by atoms with van der Waals surface area (Å²) in [7, 11) is 0. The van der Waals surface area contributed by atoms with Crippen LogP contribution >= 0.6 is 23.4 Å². The first-order valence-corrected chi connectivity index (χ1v) is 4.82. The smallest absolute Gasteiger partial charge is 0.116 e. The summed E-state index contributed by atoms with van der Waals surface area (Å²) in [5, 5.41) is 0.998. The first-order chi connectivity index (χ1) is 5.33. The summed E-state index contributed by atoms with van der Waals surface area (Å²) in [6.07, 6.45) is 1.58. The standard InChI is InChI=1S/C7H9ClN2S/c1-6-4-7(10-5-9-6)11-3-2-8/h4-5H,2-3H2,1H3. The average molecular weight is 189 g/mol. The summed E-state index contributed by atoms with van der Waals surface area (Å²) < 4.78 is 0. The maximum absolute atomic E-state index is 5.53. The van der Waals surface area contributed by atoms with Gasteiger partial charge < -0.3 is 0 Å². The molecule has 0 spiro atoms. The van der Waals surface area contributed by atoms with Crippen molar-refractivity contribution in [2.24, 2.45) is 0 Å². The fourth-order valence-electron chi connectivity index (χ4n) is 0.652. The number of aryl methyl sites for hydroxylation is 1. The Morgan fingerprint density at radius 3 is 3.00 bits per heavy atom. The first-order valence-electron chi connectivity index (χ1n) is 3.30. The van der Waals surface area contributed by atoms with E-state index in [1.54, 1.807) is 18.1 Å². The van der Waals surface area contributed by atoms with Crippen molar-refractivity contribution in [2.45, 2.75) is 11.9 Å². The highest BCUT2D eigenvalue weighted by Crippen LogP contribution is 2.14. The molecular weight excluding hydrogens is 180 g/mol. The highest BCUT2D eigenvalue weighted by Gasteiger charge is 1.94. The van der Waals surface area contributed by atoms with Crippen LogP contribution in [-0.4, -0.2) is 21.6 Å². The fraction of sp³-hybridized carbons (Fsp3) is 0.429. The lowest BCUT2D eigenvalue weighted by Gasteiger charge is -1.97. The largest absolute Gasteiger partial charge is 0.242 e. The molecule has 1 rings (SSSR count). The number of thioether (sulfide) groups is 1. The minimum Gasteiger partial charge on any atom is -0.242 e. The molecule has 0 atom stereocenters. The van der Waals surface area contributed by atoms with Gasteiger partial charge in [-0.1, -0.05) is 0 Å². The quantitative estimate of drug-likeness (QED) is 0.413. The zero-order chi connectivity index (χ0) is 8.10. The summed E-state index contributed by atoms with van der Waals surface area (Å²) in [5.41, 5.74) is 0.997. The van der Waals surface area contributed by atoms with Crippen LogP contribution in [0.4, 0.5) is 0 Å². The van der Waals surface area contributed by atoms with Crippen LogP contribution in [0.1, 0.15) is 5.69 Å². The summed E-state index contributed by atoms with van der Waals surface area (Å²) in [6, 6.07) is 1.96. The van der Waals surface area contributed by atoms with Gasteiger partial charge in [0.1, 0.15) is 6.33 Å². The van der Waals surface area contributed by atoms with Crippen LogP contribution in [0.3, 0.4) is 0 Å². The van der Waals surface area contributed by atoms with Crippen molar-refractivity contribution in [3.63, 3.8) is 0 Å². The summed E-state index contributed by atoms with van der Waals surface area (Å²) in [4.78, 5) is 8.06. The number of rotatable bonds is 3. The van der Waals surface area contributed by atoms with Gasteiger partial charge in [-0.15, -0.1) is 23.4 Å². The third-order valence-corrected chi connectivity index (χ3v) is 2.45. The molecule has 1 heterocycles. The van der Waals surface area contributed by atoms with Crippen LogP contribution < -0.4 is 0 Å². The van der Waals surface area contributed by atoms with Crippen LogP contribution in [0.5, 0.6) is 0 Å². The second-order valence-corrected chi connectivity index (χ2v) is 3.53. The number of hydrogen-bond acceptors (Lipinski definition) is 3. The summed E-state index contributed by atoms with van der Waals surface area (Å²) >= 11 is 7.18. The van der Waals surface area contributed by atoms with Crippen LogP contribution in [-0.2, 0) is 0 Å². The molecule has 11 heavy (non-hydrogen) atoms. The van der Waals surface area contributed by atoms with Gasteiger partial charge in [-0.2, -0.15) is 0 Å². The molecule has 2 nitrogen and oxygen atoms in total. The zero-order valence-corrected chi connectivity index (χ0v) is 7.82. The van der Waals surface area contributed by atoms with E-state index in [0.29, 0.717) is 5.88 Å². The fourth-order valence-corrected chi connectivity index (χ4v) is 1.55. The van der Waals surface area contributed by atoms with E-state index in [2.05, 4.69) is 9.97 Å². The Balaban J connectivity index is 2.56. The Morgan fingerprint density at radius 1 is 1.55 bits per heavy atom. The maximum atomic E-state index is 5.53. The van der Waals surface area contributed by atoms with Gasteiger partial charge in [-0.05, 0) is 13.0 Å².